The smallest absolute Gasteiger partial charge is 0.329 e. The van der Waals surface area contributed by atoms with Gasteiger partial charge in [0.05, 0.1) is 23.0 Å². The number of aromatic nitrogens is 2. The quantitative estimate of drug-likeness (QED) is 0.799. The molecule has 136 valence electrons. The average molecular weight is 347 g/mol. The lowest BCUT2D eigenvalue weighted by molar-refractivity contribution is -0.139. The van der Waals surface area contributed by atoms with Gasteiger partial charge in [0, 0.05) is 6.54 Å². The summed E-state index contributed by atoms with van der Waals surface area (Å²) in [6.45, 7) is 7.67. The number of aryl methyl sites for hydroxylation is 1. The highest BCUT2D eigenvalue weighted by Crippen LogP contribution is 2.21. The summed E-state index contributed by atoms with van der Waals surface area (Å²) in [5, 5.41) is 11.9. The molecule has 0 saturated heterocycles. The van der Waals surface area contributed by atoms with Gasteiger partial charge in [0.2, 0.25) is 5.91 Å². The molecule has 2 aromatic rings. The summed E-state index contributed by atoms with van der Waals surface area (Å²) in [5.41, 5.74) is 0.340. The van der Waals surface area contributed by atoms with Gasteiger partial charge in [-0.05, 0) is 31.9 Å². The van der Waals surface area contributed by atoms with Gasteiger partial charge in [-0.3, -0.25) is 18.7 Å². The summed E-state index contributed by atoms with van der Waals surface area (Å²) < 4.78 is 3.04. The van der Waals surface area contributed by atoms with Gasteiger partial charge in [0.25, 0.3) is 0 Å². The van der Waals surface area contributed by atoms with Crippen LogP contribution in [-0.2, 0) is 22.7 Å². The maximum absolute atomic E-state index is 12.6. The predicted octanol–water partition coefficient (Wildman–Crippen LogP) is 1.83. The van der Waals surface area contributed by atoms with Crippen LogP contribution in [0.1, 0.15) is 34.1 Å². The summed E-state index contributed by atoms with van der Waals surface area (Å²) in [5.74, 6) is -1.42. The topological polar surface area (TPSA) is 93.3 Å². The first kappa shape index (κ1) is 18.8. The molecular weight excluding hydrogens is 322 g/mol. The third-order valence-corrected chi connectivity index (χ3v) is 4.76. The van der Waals surface area contributed by atoms with E-state index in [2.05, 4.69) is 5.32 Å². The summed E-state index contributed by atoms with van der Waals surface area (Å²) in [6, 6.07) is 7.31. The van der Waals surface area contributed by atoms with Crippen molar-refractivity contribution < 1.29 is 14.7 Å². The van der Waals surface area contributed by atoms with Gasteiger partial charge in [-0.25, -0.2) is 4.79 Å². The number of nitrogens with zero attached hydrogens (tertiary/aromatic N) is 2. The molecule has 7 nitrogen and oxygen atoms in total. The molecule has 0 bridgehead atoms. The Hall–Kier alpha value is -2.57. The van der Waals surface area contributed by atoms with Gasteiger partial charge in [-0.15, -0.1) is 0 Å². The van der Waals surface area contributed by atoms with Crippen LogP contribution in [0.5, 0.6) is 0 Å². The molecule has 1 unspecified atom stereocenters. The molecule has 2 rings (SSSR count). The summed E-state index contributed by atoms with van der Waals surface area (Å²) in [4.78, 5) is 36.2. The molecule has 7 heteroatoms. The highest BCUT2D eigenvalue weighted by molar-refractivity contribution is 5.82. The molecule has 0 spiro atoms. The second kappa shape index (κ2) is 7.13. The van der Waals surface area contributed by atoms with E-state index in [-0.39, 0.29) is 30.5 Å². The molecule has 0 aliphatic rings. The number of nitrogens with one attached hydrogen (secondary N) is 1. The number of carboxylic acid groups (broad SMARTS) is 1. The molecule has 0 saturated carbocycles. The largest absolute Gasteiger partial charge is 0.481 e. The fourth-order valence-corrected chi connectivity index (χ4v) is 2.94. The number of fused-ring (bicyclic) bond motifs is 1. The normalized spacial score (nSPS) is 13.8. The van der Waals surface area contributed by atoms with E-state index in [1.807, 2.05) is 39.0 Å². The minimum Gasteiger partial charge on any atom is -0.481 e. The zero-order chi connectivity index (χ0) is 18.8. The average Bonchev–Trinajstić information content (AvgIpc) is 2.78. The molecule has 1 aromatic carbocycles. The summed E-state index contributed by atoms with van der Waals surface area (Å²) in [7, 11) is 0. The monoisotopic (exact) mass is 347 g/mol. The number of aliphatic carboxylic acids is 1. The van der Waals surface area contributed by atoms with Crippen molar-refractivity contribution >= 4 is 22.9 Å². The Kier molecular flexibility index (Phi) is 5.35. The Labute approximate surface area is 146 Å². The van der Waals surface area contributed by atoms with Crippen molar-refractivity contribution in [3.05, 3.63) is 34.7 Å². The van der Waals surface area contributed by atoms with Crippen LogP contribution in [0.3, 0.4) is 0 Å². The molecular formula is C18H25N3O4. The number of carboxylic acids is 1. The lowest BCUT2D eigenvalue weighted by Gasteiger charge is -2.33. The predicted molar refractivity (Wildman–Crippen MR) is 95.5 cm³/mol. The fourth-order valence-electron chi connectivity index (χ4n) is 2.94. The summed E-state index contributed by atoms with van der Waals surface area (Å²) in [6.07, 6.45) is -0.179. The highest BCUT2D eigenvalue weighted by Gasteiger charge is 2.33. The number of carbonyl (C=O) groups excluding carboxylic acids is 1. The van der Waals surface area contributed by atoms with E-state index >= 15 is 0 Å². The van der Waals surface area contributed by atoms with Crippen LogP contribution < -0.4 is 11.0 Å². The molecule has 0 radical (unpaired) electrons. The van der Waals surface area contributed by atoms with Crippen molar-refractivity contribution in [2.24, 2.45) is 5.92 Å². The summed E-state index contributed by atoms with van der Waals surface area (Å²) >= 11 is 0. The second-order valence-corrected chi connectivity index (χ2v) is 6.79. The van der Waals surface area contributed by atoms with Crippen LogP contribution in [-0.4, -0.2) is 31.7 Å². The Bertz CT molecular complexity index is 850. The Balaban J connectivity index is 2.32. The van der Waals surface area contributed by atoms with Crippen molar-refractivity contribution in [3.8, 4) is 0 Å². The number of carbonyl (C=O) groups is 2. The number of imidazole rings is 1. The van der Waals surface area contributed by atoms with Crippen molar-refractivity contribution in [1.29, 1.82) is 0 Å². The Morgan fingerprint density at radius 3 is 2.24 bits per heavy atom. The third kappa shape index (κ3) is 3.75. The van der Waals surface area contributed by atoms with Gasteiger partial charge in [0.1, 0.15) is 6.54 Å². The van der Waals surface area contributed by atoms with Crippen molar-refractivity contribution in [2.75, 3.05) is 0 Å². The molecule has 0 aliphatic carbocycles. The van der Waals surface area contributed by atoms with E-state index in [9.17, 15) is 14.4 Å². The van der Waals surface area contributed by atoms with E-state index in [0.717, 1.165) is 5.52 Å². The van der Waals surface area contributed by atoms with Crippen molar-refractivity contribution in [3.63, 3.8) is 0 Å². The standard InChI is InChI=1S/C18H25N3O4/c1-5-20-13-8-6-7-9-14(13)21(17(20)25)11-15(22)19-18(4,12(2)3)10-16(23)24/h6-9,12H,5,10-11H2,1-4H3,(H,19,22)(H,23,24). The molecule has 2 N–H and O–H groups in total. The lowest BCUT2D eigenvalue weighted by atomic mass is 9.85. The van der Waals surface area contributed by atoms with Crippen LogP contribution >= 0.6 is 0 Å². The number of rotatable bonds is 7. The Morgan fingerprint density at radius 2 is 1.76 bits per heavy atom. The van der Waals surface area contributed by atoms with Gasteiger partial charge in [0.15, 0.2) is 0 Å². The molecule has 1 atom stereocenters. The van der Waals surface area contributed by atoms with E-state index in [4.69, 9.17) is 5.11 Å². The first-order chi connectivity index (χ1) is 11.7. The van der Waals surface area contributed by atoms with E-state index in [1.54, 1.807) is 17.6 Å². The molecule has 1 amide bonds. The van der Waals surface area contributed by atoms with Crippen LogP contribution in [0.4, 0.5) is 0 Å². The fraction of sp³-hybridized carbons (Fsp3) is 0.500. The third-order valence-electron chi connectivity index (χ3n) is 4.76. The van der Waals surface area contributed by atoms with E-state index in [1.165, 1.54) is 4.57 Å². The lowest BCUT2D eigenvalue weighted by Crippen LogP contribution is -2.52. The number of hydrogen-bond acceptors (Lipinski definition) is 3. The SMILES string of the molecule is CCn1c(=O)n(CC(=O)NC(C)(CC(=O)O)C(C)C)c2ccccc21. The first-order valence-corrected chi connectivity index (χ1v) is 8.40. The zero-order valence-electron chi connectivity index (χ0n) is 15.1. The van der Waals surface area contributed by atoms with Gasteiger partial charge in [-0.1, -0.05) is 26.0 Å². The van der Waals surface area contributed by atoms with Crippen LogP contribution in [0.25, 0.3) is 11.0 Å². The second-order valence-electron chi connectivity index (χ2n) is 6.79. The maximum atomic E-state index is 12.6. The van der Waals surface area contributed by atoms with Crippen LogP contribution in [0, 0.1) is 5.92 Å². The van der Waals surface area contributed by atoms with Crippen molar-refractivity contribution in [1.82, 2.24) is 14.5 Å². The number of benzene rings is 1. The van der Waals surface area contributed by atoms with Crippen LogP contribution in [0.2, 0.25) is 0 Å². The minimum absolute atomic E-state index is 0.0683. The van der Waals surface area contributed by atoms with Gasteiger partial charge in [-0.2, -0.15) is 0 Å². The van der Waals surface area contributed by atoms with Crippen molar-refractivity contribution in [2.45, 2.75) is 52.7 Å². The molecule has 1 heterocycles. The number of hydrogen-bond donors (Lipinski definition) is 2. The van der Waals surface area contributed by atoms with E-state index in [0.29, 0.717) is 12.1 Å². The first-order valence-electron chi connectivity index (χ1n) is 8.40. The van der Waals surface area contributed by atoms with Gasteiger partial charge < -0.3 is 10.4 Å². The molecule has 25 heavy (non-hydrogen) atoms. The van der Waals surface area contributed by atoms with E-state index < -0.39 is 11.5 Å². The zero-order valence-corrected chi connectivity index (χ0v) is 15.1. The maximum Gasteiger partial charge on any atom is 0.329 e. The number of amides is 1. The van der Waals surface area contributed by atoms with Crippen LogP contribution in [0.15, 0.2) is 29.1 Å². The number of para-hydroxylation sites is 2. The van der Waals surface area contributed by atoms with Gasteiger partial charge >= 0.3 is 11.7 Å². The Morgan fingerprint density at radius 1 is 1.20 bits per heavy atom. The molecule has 0 aliphatic heterocycles. The molecule has 1 aromatic heterocycles. The highest BCUT2D eigenvalue weighted by atomic mass is 16.4. The minimum atomic E-state index is -0.976. The molecule has 0 fully saturated rings.